The Morgan fingerprint density at radius 1 is 1.13 bits per heavy atom. The number of pyridine rings is 1. The van der Waals surface area contributed by atoms with Gasteiger partial charge in [0.25, 0.3) is 0 Å². The van der Waals surface area contributed by atoms with Crippen LogP contribution in [0.4, 0.5) is 11.6 Å². The molecule has 1 aliphatic heterocycles. The molecule has 0 radical (unpaired) electrons. The predicted molar refractivity (Wildman–Crippen MR) is 88.7 cm³/mol. The third-order valence-corrected chi connectivity index (χ3v) is 4.49. The fourth-order valence-corrected chi connectivity index (χ4v) is 3.12. The summed E-state index contributed by atoms with van der Waals surface area (Å²) in [7, 11) is 2.13. The fourth-order valence-electron chi connectivity index (χ4n) is 3.12. The largest absolute Gasteiger partial charge is 0.357 e. The van der Waals surface area contributed by atoms with Gasteiger partial charge < -0.3 is 9.80 Å². The van der Waals surface area contributed by atoms with Crippen LogP contribution in [-0.4, -0.2) is 51.0 Å². The molecule has 0 amide bonds. The fraction of sp³-hybridized carbons (Fsp3) is 0.375. The molecule has 1 saturated heterocycles. The molecule has 0 unspecified atom stereocenters. The van der Waals surface area contributed by atoms with Crippen molar-refractivity contribution in [3.63, 3.8) is 0 Å². The predicted octanol–water partition coefficient (Wildman–Crippen LogP) is 1.62. The summed E-state index contributed by atoms with van der Waals surface area (Å²) in [5, 5.41) is 12.4. The number of nitrogens with zero attached hydrogens (tertiary/aromatic N) is 7. The van der Waals surface area contributed by atoms with E-state index in [1.807, 2.05) is 30.5 Å². The summed E-state index contributed by atoms with van der Waals surface area (Å²) in [6, 6.07) is 10.5. The third kappa shape index (κ3) is 2.69. The van der Waals surface area contributed by atoms with Crippen molar-refractivity contribution in [2.24, 2.45) is 0 Å². The molecular weight excluding hydrogens is 290 g/mol. The average molecular weight is 309 g/mol. The summed E-state index contributed by atoms with van der Waals surface area (Å²) in [5.74, 6) is 2.02. The van der Waals surface area contributed by atoms with Crippen molar-refractivity contribution in [3.05, 3.63) is 42.9 Å². The van der Waals surface area contributed by atoms with Crippen LogP contribution in [0.25, 0.3) is 5.65 Å². The van der Waals surface area contributed by atoms with Gasteiger partial charge in [-0.25, -0.2) is 4.98 Å². The monoisotopic (exact) mass is 309 g/mol. The van der Waals surface area contributed by atoms with Crippen molar-refractivity contribution in [1.29, 1.82) is 0 Å². The molecule has 1 aliphatic rings. The van der Waals surface area contributed by atoms with Gasteiger partial charge in [-0.15, -0.1) is 15.3 Å². The lowest BCUT2D eigenvalue weighted by Crippen LogP contribution is -2.44. The first kappa shape index (κ1) is 13.9. The van der Waals surface area contributed by atoms with Gasteiger partial charge >= 0.3 is 0 Å². The third-order valence-electron chi connectivity index (χ3n) is 4.49. The Hall–Kier alpha value is -2.70. The van der Waals surface area contributed by atoms with Gasteiger partial charge in [-0.05, 0) is 37.1 Å². The first-order valence-corrected chi connectivity index (χ1v) is 7.87. The highest BCUT2D eigenvalue weighted by Crippen LogP contribution is 2.23. The van der Waals surface area contributed by atoms with Gasteiger partial charge in [0.1, 0.15) is 18.0 Å². The van der Waals surface area contributed by atoms with Crippen molar-refractivity contribution in [1.82, 2.24) is 24.8 Å². The Kier molecular flexibility index (Phi) is 3.53. The lowest BCUT2D eigenvalue weighted by atomic mass is 10.0. The van der Waals surface area contributed by atoms with Crippen LogP contribution in [-0.2, 0) is 0 Å². The number of aromatic nitrogens is 5. The molecule has 3 aromatic heterocycles. The molecule has 0 atom stereocenters. The lowest BCUT2D eigenvalue weighted by Gasteiger charge is -2.37. The SMILES string of the molecule is CN(c1ccccn1)C1CCN(c2ccc3nncn3n2)CC1. The van der Waals surface area contributed by atoms with Gasteiger partial charge in [0.05, 0.1) is 0 Å². The molecule has 4 heterocycles. The van der Waals surface area contributed by atoms with Crippen molar-refractivity contribution in [2.45, 2.75) is 18.9 Å². The van der Waals surface area contributed by atoms with Crippen LogP contribution >= 0.6 is 0 Å². The highest BCUT2D eigenvalue weighted by Gasteiger charge is 2.24. The standard InChI is InChI=1S/C16H19N7/c1-21(14-4-2-3-9-17-14)13-7-10-22(11-8-13)16-6-5-15-19-18-12-23(15)20-16/h2-6,9,12-13H,7-8,10-11H2,1H3. The molecule has 1 fully saturated rings. The van der Waals surface area contributed by atoms with E-state index in [1.54, 1.807) is 10.8 Å². The molecule has 7 heteroatoms. The Morgan fingerprint density at radius 3 is 2.78 bits per heavy atom. The zero-order valence-electron chi connectivity index (χ0n) is 13.1. The second kappa shape index (κ2) is 5.83. The first-order chi connectivity index (χ1) is 11.3. The maximum Gasteiger partial charge on any atom is 0.177 e. The van der Waals surface area contributed by atoms with E-state index in [2.05, 4.69) is 43.2 Å². The molecule has 0 N–H and O–H groups in total. The summed E-state index contributed by atoms with van der Waals surface area (Å²) in [4.78, 5) is 9.05. The van der Waals surface area contributed by atoms with Gasteiger partial charge in [-0.2, -0.15) is 4.52 Å². The van der Waals surface area contributed by atoms with Gasteiger partial charge in [0.2, 0.25) is 0 Å². The normalized spacial score (nSPS) is 16.0. The van der Waals surface area contributed by atoms with Crippen molar-refractivity contribution < 1.29 is 0 Å². The summed E-state index contributed by atoms with van der Waals surface area (Å²) in [6.07, 6.45) is 5.67. The minimum absolute atomic E-state index is 0.514. The van der Waals surface area contributed by atoms with E-state index >= 15 is 0 Å². The summed E-state index contributed by atoms with van der Waals surface area (Å²) in [6.45, 7) is 1.98. The highest BCUT2D eigenvalue weighted by molar-refractivity contribution is 5.46. The molecule has 4 rings (SSSR count). The van der Waals surface area contributed by atoms with Gasteiger partial charge in [0.15, 0.2) is 5.65 Å². The van der Waals surface area contributed by atoms with E-state index in [1.165, 1.54) is 0 Å². The van der Waals surface area contributed by atoms with Crippen LogP contribution in [0.3, 0.4) is 0 Å². The zero-order valence-corrected chi connectivity index (χ0v) is 13.1. The van der Waals surface area contributed by atoms with E-state index in [-0.39, 0.29) is 0 Å². The maximum atomic E-state index is 4.58. The number of hydrogen-bond donors (Lipinski definition) is 0. The number of rotatable bonds is 3. The topological polar surface area (TPSA) is 62.5 Å². The van der Waals surface area contributed by atoms with E-state index in [4.69, 9.17) is 0 Å². The van der Waals surface area contributed by atoms with Crippen molar-refractivity contribution in [2.75, 3.05) is 29.9 Å². The Morgan fingerprint density at radius 2 is 2.00 bits per heavy atom. The Balaban J connectivity index is 1.44. The van der Waals surface area contributed by atoms with Gasteiger partial charge in [-0.3, -0.25) is 0 Å². The summed E-state index contributed by atoms with van der Waals surface area (Å²) in [5.41, 5.74) is 0.776. The van der Waals surface area contributed by atoms with E-state index in [0.717, 1.165) is 43.2 Å². The molecule has 0 bridgehead atoms. The molecule has 0 aromatic carbocycles. The van der Waals surface area contributed by atoms with Gasteiger partial charge in [-0.1, -0.05) is 6.07 Å². The molecule has 0 saturated carbocycles. The number of piperidine rings is 1. The van der Waals surface area contributed by atoms with Gasteiger partial charge in [0, 0.05) is 32.4 Å². The minimum atomic E-state index is 0.514. The van der Waals surface area contributed by atoms with Crippen LogP contribution in [0.1, 0.15) is 12.8 Å². The quantitative estimate of drug-likeness (QED) is 0.733. The highest BCUT2D eigenvalue weighted by atomic mass is 15.4. The second-order valence-corrected chi connectivity index (χ2v) is 5.84. The number of anilines is 2. The van der Waals surface area contributed by atoms with Crippen LogP contribution in [0.2, 0.25) is 0 Å². The van der Waals surface area contributed by atoms with E-state index < -0.39 is 0 Å². The van der Waals surface area contributed by atoms with Crippen LogP contribution in [0, 0.1) is 0 Å². The maximum absolute atomic E-state index is 4.58. The Bertz CT molecular complexity index is 777. The van der Waals surface area contributed by atoms with E-state index in [0.29, 0.717) is 6.04 Å². The smallest absolute Gasteiger partial charge is 0.177 e. The summed E-state index contributed by atoms with van der Waals surface area (Å²) < 4.78 is 1.72. The molecular formula is C16H19N7. The second-order valence-electron chi connectivity index (χ2n) is 5.84. The van der Waals surface area contributed by atoms with E-state index in [9.17, 15) is 0 Å². The molecule has 3 aromatic rings. The molecule has 7 nitrogen and oxygen atoms in total. The molecule has 0 spiro atoms. The van der Waals surface area contributed by atoms with Crippen molar-refractivity contribution in [3.8, 4) is 0 Å². The molecule has 23 heavy (non-hydrogen) atoms. The average Bonchev–Trinajstić information content (AvgIpc) is 3.10. The Labute approximate surface area is 134 Å². The van der Waals surface area contributed by atoms with Crippen molar-refractivity contribution >= 4 is 17.3 Å². The number of hydrogen-bond acceptors (Lipinski definition) is 6. The number of fused-ring (bicyclic) bond motifs is 1. The van der Waals surface area contributed by atoms with Crippen LogP contribution in [0.5, 0.6) is 0 Å². The first-order valence-electron chi connectivity index (χ1n) is 7.87. The van der Waals surface area contributed by atoms with Crippen LogP contribution in [0.15, 0.2) is 42.9 Å². The molecule has 0 aliphatic carbocycles. The van der Waals surface area contributed by atoms with Crippen LogP contribution < -0.4 is 9.80 Å². The lowest BCUT2D eigenvalue weighted by molar-refractivity contribution is 0.477. The minimum Gasteiger partial charge on any atom is -0.357 e. The molecule has 118 valence electrons. The zero-order chi connectivity index (χ0) is 15.6. The summed E-state index contributed by atoms with van der Waals surface area (Å²) >= 11 is 0.